The first-order valence-electron chi connectivity index (χ1n) is 6.82. The highest BCUT2D eigenvalue weighted by Gasteiger charge is 2.20. The molecular weight excluding hydrogens is 272 g/mol. The maximum Gasteiger partial charge on any atom is 0.266 e. The molecule has 2 aromatic rings. The fraction of sp³-hybridized carbons (Fsp3) is 0.429. The zero-order valence-electron chi connectivity index (χ0n) is 12.1. The third-order valence-electron chi connectivity index (χ3n) is 3.64. The summed E-state index contributed by atoms with van der Waals surface area (Å²) in [5.74, 6) is 1.51. The van der Waals surface area contributed by atoms with Crippen molar-refractivity contribution in [1.29, 1.82) is 0 Å². The summed E-state index contributed by atoms with van der Waals surface area (Å²) in [6.07, 6.45) is 0. The molecule has 0 saturated carbocycles. The lowest BCUT2D eigenvalue weighted by molar-refractivity contribution is 0.309. The van der Waals surface area contributed by atoms with Crippen LogP contribution in [0.2, 0.25) is 0 Å². The number of anilines is 1. The monoisotopic (exact) mass is 290 g/mol. The van der Waals surface area contributed by atoms with Gasteiger partial charge in [-0.3, -0.25) is 0 Å². The summed E-state index contributed by atoms with van der Waals surface area (Å²) in [5, 5.41) is 14.0. The highest BCUT2D eigenvalue weighted by Crippen LogP contribution is 2.32. The number of piperazine rings is 1. The molecule has 3 rings (SSSR count). The Kier molecular flexibility index (Phi) is 3.66. The van der Waals surface area contributed by atoms with E-state index in [0.29, 0.717) is 23.2 Å². The third-order valence-corrected chi connectivity index (χ3v) is 3.64. The molecule has 7 heteroatoms. The molecule has 21 heavy (non-hydrogen) atoms. The number of methoxy groups -OCH3 is 1. The second kappa shape index (κ2) is 5.61. The zero-order chi connectivity index (χ0) is 14.8. The Morgan fingerprint density at radius 2 is 2.00 bits per heavy atom. The topological polar surface area (TPSA) is 74.9 Å². The fourth-order valence-corrected chi connectivity index (χ4v) is 2.28. The number of nitrogens with zero attached hydrogens (tertiary/aromatic N) is 4. The first-order chi connectivity index (χ1) is 10.2. The van der Waals surface area contributed by atoms with Gasteiger partial charge in [-0.25, -0.2) is 0 Å². The lowest BCUT2D eigenvalue weighted by Crippen LogP contribution is -2.44. The van der Waals surface area contributed by atoms with Crippen LogP contribution in [0.3, 0.4) is 0 Å². The number of rotatable bonds is 3. The van der Waals surface area contributed by atoms with E-state index >= 15 is 0 Å². The van der Waals surface area contributed by atoms with Gasteiger partial charge in [0.1, 0.15) is 11.5 Å². The molecule has 1 aromatic carbocycles. The number of aromatic hydroxyl groups is 1. The van der Waals surface area contributed by atoms with Gasteiger partial charge in [0.2, 0.25) is 0 Å². The number of likely N-dealkylation sites (N-methyl/N-ethyl adjacent to an activating group) is 1. The normalized spacial score (nSPS) is 16.2. The van der Waals surface area contributed by atoms with Crippen LogP contribution < -0.4 is 9.64 Å². The van der Waals surface area contributed by atoms with Gasteiger partial charge in [-0.1, -0.05) is 0 Å². The van der Waals surface area contributed by atoms with Gasteiger partial charge in [0.25, 0.3) is 11.8 Å². The van der Waals surface area contributed by atoms with Crippen molar-refractivity contribution in [2.45, 2.75) is 0 Å². The van der Waals surface area contributed by atoms with Crippen molar-refractivity contribution in [2.24, 2.45) is 0 Å². The molecule has 1 aromatic heterocycles. The van der Waals surface area contributed by atoms with E-state index < -0.39 is 0 Å². The van der Waals surface area contributed by atoms with Crippen LogP contribution in [0.1, 0.15) is 0 Å². The minimum Gasteiger partial charge on any atom is -0.507 e. The van der Waals surface area contributed by atoms with E-state index in [4.69, 9.17) is 9.26 Å². The molecule has 0 radical (unpaired) electrons. The Labute approximate surface area is 122 Å². The van der Waals surface area contributed by atoms with Crippen LogP contribution in [0.15, 0.2) is 22.7 Å². The van der Waals surface area contributed by atoms with Crippen molar-refractivity contribution in [3.8, 4) is 23.0 Å². The van der Waals surface area contributed by atoms with Crippen LogP contribution in [0.4, 0.5) is 5.95 Å². The van der Waals surface area contributed by atoms with E-state index in [9.17, 15) is 5.11 Å². The average molecular weight is 290 g/mol. The van der Waals surface area contributed by atoms with Gasteiger partial charge < -0.3 is 24.2 Å². The Bertz CT molecular complexity index is 620. The predicted molar refractivity (Wildman–Crippen MR) is 77.7 cm³/mol. The van der Waals surface area contributed by atoms with E-state index in [-0.39, 0.29) is 5.75 Å². The summed E-state index contributed by atoms with van der Waals surface area (Å²) < 4.78 is 10.3. The SMILES string of the molecule is COc1ccc(-c2nc(N3CCN(C)CC3)no2)c(O)c1. The highest BCUT2D eigenvalue weighted by atomic mass is 16.5. The molecular formula is C14H18N4O3. The summed E-state index contributed by atoms with van der Waals surface area (Å²) in [4.78, 5) is 8.71. The van der Waals surface area contributed by atoms with Gasteiger partial charge in [0.15, 0.2) is 0 Å². The zero-order valence-corrected chi connectivity index (χ0v) is 12.1. The van der Waals surface area contributed by atoms with Crippen LogP contribution in [-0.2, 0) is 0 Å². The van der Waals surface area contributed by atoms with Crippen molar-refractivity contribution in [3.63, 3.8) is 0 Å². The average Bonchev–Trinajstić information content (AvgIpc) is 2.97. The number of hydrogen-bond acceptors (Lipinski definition) is 7. The Balaban J connectivity index is 1.81. The molecule has 1 N–H and O–H groups in total. The summed E-state index contributed by atoms with van der Waals surface area (Å²) in [7, 11) is 3.64. The largest absolute Gasteiger partial charge is 0.507 e. The molecule has 0 aliphatic carbocycles. The van der Waals surface area contributed by atoms with Gasteiger partial charge in [-0.15, -0.1) is 0 Å². The predicted octanol–water partition coefficient (Wildman–Crippen LogP) is 1.20. The van der Waals surface area contributed by atoms with Crippen LogP contribution >= 0.6 is 0 Å². The van der Waals surface area contributed by atoms with Crippen LogP contribution in [0, 0.1) is 0 Å². The molecule has 1 fully saturated rings. The summed E-state index contributed by atoms with van der Waals surface area (Å²) in [5.41, 5.74) is 0.503. The van der Waals surface area contributed by atoms with Gasteiger partial charge in [0.05, 0.1) is 12.7 Å². The number of phenolic OH excluding ortho intramolecular Hbond substituents is 1. The molecule has 0 amide bonds. The molecule has 1 aliphatic heterocycles. The molecule has 0 spiro atoms. The van der Waals surface area contributed by atoms with E-state index in [1.54, 1.807) is 19.2 Å². The molecule has 2 heterocycles. The molecule has 1 aliphatic rings. The van der Waals surface area contributed by atoms with Gasteiger partial charge in [-0.05, 0) is 24.3 Å². The minimum atomic E-state index is 0.0583. The fourth-order valence-electron chi connectivity index (χ4n) is 2.28. The number of phenols is 1. The molecule has 0 bridgehead atoms. The van der Waals surface area contributed by atoms with E-state index in [0.717, 1.165) is 26.2 Å². The quantitative estimate of drug-likeness (QED) is 0.910. The van der Waals surface area contributed by atoms with E-state index in [1.807, 2.05) is 0 Å². The van der Waals surface area contributed by atoms with Crippen LogP contribution in [0.25, 0.3) is 11.5 Å². The minimum absolute atomic E-state index is 0.0583. The molecule has 112 valence electrons. The van der Waals surface area contributed by atoms with Crippen molar-refractivity contribution in [1.82, 2.24) is 15.0 Å². The first-order valence-corrected chi connectivity index (χ1v) is 6.82. The van der Waals surface area contributed by atoms with Crippen molar-refractivity contribution < 1.29 is 14.4 Å². The van der Waals surface area contributed by atoms with Crippen molar-refractivity contribution >= 4 is 5.95 Å². The number of benzene rings is 1. The standard InChI is InChI=1S/C14H18N4O3/c1-17-5-7-18(8-6-17)14-15-13(21-16-14)11-4-3-10(20-2)9-12(11)19/h3-4,9,19H,5-8H2,1-2H3. The number of aromatic nitrogens is 2. The van der Waals surface area contributed by atoms with Gasteiger partial charge >= 0.3 is 0 Å². The Hall–Kier alpha value is -2.28. The highest BCUT2D eigenvalue weighted by molar-refractivity contribution is 5.64. The van der Waals surface area contributed by atoms with Crippen molar-refractivity contribution in [3.05, 3.63) is 18.2 Å². The first kappa shape index (κ1) is 13.7. The smallest absolute Gasteiger partial charge is 0.266 e. The maximum atomic E-state index is 10.0. The third kappa shape index (κ3) is 2.78. The second-order valence-electron chi connectivity index (χ2n) is 5.07. The van der Waals surface area contributed by atoms with Gasteiger partial charge in [-0.2, -0.15) is 4.98 Å². The van der Waals surface area contributed by atoms with Crippen LogP contribution in [-0.4, -0.2) is 60.5 Å². The summed E-state index contributed by atoms with van der Waals surface area (Å²) in [6.45, 7) is 3.67. The summed E-state index contributed by atoms with van der Waals surface area (Å²) in [6, 6.07) is 4.97. The maximum absolute atomic E-state index is 10.0. The molecule has 0 atom stereocenters. The Morgan fingerprint density at radius 1 is 1.24 bits per heavy atom. The second-order valence-corrected chi connectivity index (χ2v) is 5.07. The molecule has 0 unspecified atom stereocenters. The van der Waals surface area contributed by atoms with Gasteiger partial charge in [0, 0.05) is 32.2 Å². The lowest BCUT2D eigenvalue weighted by Gasteiger charge is -2.31. The number of ether oxygens (including phenoxy) is 1. The van der Waals surface area contributed by atoms with E-state index in [1.165, 1.54) is 6.07 Å². The van der Waals surface area contributed by atoms with E-state index in [2.05, 4.69) is 27.0 Å². The Morgan fingerprint density at radius 3 is 2.67 bits per heavy atom. The molecule has 7 nitrogen and oxygen atoms in total. The number of hydrogen-bond donors (Lipinski definition) is 1. The van der Waals surface area contributed by atoms with Crippen LogP contribution in [0.5, 0.6) is 11.5 Å². The summed E-state index contributed by atoms with van der Waals surface area (Å²) >= 11 is 0. The van der Waals surface area contributed by atoms with Crippen molar-refractivity contribution in [2.75, 3.05) is 45.2 Å². The lowest BCUT2D eigenvalue weighted by atomic mass is 10.2. The molecule has 1 saturated heterocycles.